The summed E-state index contributed by atoms with van der Waals surface area (Å²) in [5.74, 6) is 0.300. The van der Waals surface area contributed by atoms with Crippen LogP contribution in [0.3, 0.4) is 0 Å². The van der Waals surface area contributed by atoms with E-state index in [0.29, 0.717) is 12.4 Å². The normalized spacial score (nSPS) is 16.2. The highest BCUT2D eigenvalue weighted by atomic mass is 16.4. The van der Waals surface area contributed by atoms with Gasteiger partial charge in [-0.1, -0.05) is 23.3 Å². The second-order valence-electron chi connectivity index (χ2n) is 5.33. The maximum Gasteiger partial charge on any atom is 0.336 e. The fraction of sp³-hybridized carbons (Fsp3) is 0.400. The van der Waals surface area contributed by atoms with Crippen molar-refractivity contribution >= 4 is 17.9 Å². The third-order valence-electron chi connectivity index (χ3n) is 3.35. The molecule has 0 spiro atoms. The Kier molecular flexibility index (Phi) is 7.44. The number of anilines is 2. The number of hydrogen-bond acceptors (Lipinski definition) is 11. The molecule has 4 atom stereocenters. The number of hydrogen-bond donors (Lipinski definition) is 7. The van der Waals surface area contributed by atoms with Gasteiger partial charge in [-0.3, -0.25) is 0 Å². The van der Waals surface area contributed by atoms with Gasteiger partial charge < -0.3 is 35.3 Å². The maximum absolute atomic E-state index is 9.66. The molecule has 0 aliphatic carbocycles. The van der Waals surface area contributed by atoms with E-state index in [2.05, 4.69) is 26.0 Å². The molecule has 0 amide bonds. The van der Waals surface area contributed by atoms with Gasteiger partial charge >= 0.3 is 6.01 Å². The summed E-state index contributed by atoms with van der Waals surface area (Å²) < 4.78 is 5.27. The molecule has 11 nitrogen and oxygen atoms in total. The molecule has 0 aliphatic heterocycles. The molecule has 1 aromatic carbocycles. The van der Waals surface area contributed by atoms with Gasteiger partial charge in [0, 0.05) is 5.69 Å². The number of aliphatic hydroxyl groups is 5. The van der Waals surface area contributed by atoms with E-state index in [9.17, 15) is 20.4 Å². The van der Waals surface area contributed by atoms with Gasteiger partial charge in [-0.15, -0.1) is 5.10 Å². The van der Waals surface area contributed by atoms with Crippen molar-refractivity contribution in [3.05, 3.63) is 36.2 Å². The van der Waals surface area contributed by atoms with Crippen LogP contribution in [-0.4, -0.2) is 73.0 Å². The van der Waals surface area contributed by atoms with E-state index in [1.807, 2.05) is 30.3 Å². The van der Waals surface area contributed by atoms with E-state index in [0.717, 1.165) is 11.9 Å². The van der Waals surface area contributed by atoms with Gasteiger partial charge in [0.1, 0.15) is 24.4 Å². The first-order chi connectivity index (χ1) is 12.5. The number of aromatic nitrogens is 2. The van der Waals surface area contributed by atoms with Crippen molar-refractivity contribution in [2.75, 3.05) is 17.3 Å². The lowest BCUT2D eigenvalue weighted by Gasteiger charge is -2.23. The van der Waals surface area contributed by atoms with E-state index in [4.69, 9.17) is 9.52 Å². The molecule has 0 unspecified atom stereocenters. The fourth-order valence-corrected chi connectivity index (χ4v) is 1.90. The molecule has 1 aromatic heterocycles. The van der Waals surface area contributed by atoms with Crippen LogP contribution in [0.1, 0.15) is 5.89 Å². The number of nitrogens with one attached hydrogen (secondary N) is 2. The molecule has 0 radical (unpaired) electrons. The van der Waals surface area contributed by atoms with Crippen LogP contribution in [0.2, 0.25) is 0 Å². The van der Waals surface area contributed by atoms with Gasteiger partial charge in [0.2, 0.25) is 5.89 Å². The molecule has 142 valence electrons. The van der Waals surface area contributed by atoms with E-state index < -0.39 is 31.0 Å². The Bertz CT molecular complexity index is 682. The van der Waals surface area contributed by atoms with Crippen LogP contribution in [0.15, 0.2) is 39.9 Å². The van der Waals surface area contributed by atoms with E-state index in [1.54, 1.807) is 0 Å². The lowest BCUT2D eigenvalue weighted by Crippen LogP contribution is -2.46. The number of aliphatic hydroxyl groups excluding tert-OH is 5. The van der Waals surface area contributed by atoms with Gasteiger partial charge in [0.25, 0.3) is 0 Å². The highest BCUT2D eigenvalue weighted by Gasteiger charge is 2.29. The zero-order valence-electron chi connectivity index (χ0n) is 13.7. The average Bonchev–Trinajstić information content (AvgIpc) is 3.13. The van der Waals surface area contributed by atoms with E-state index >= 15 is 0 Å². The summed E-state index contributed by atoms with van der Waals surface area (Å²) in [6, 6.07) is 9.39. The van der Waals surface area contributed by atoms with Crippen LogP contribution < -0.4 is 10.7 Å². The minimum atomic E-state index is -1.74. The van der Waals surface area contributed by atoms with E-state index in [1.165, 1.54) is 0 Å². The van der Waals surface area contributed by atoms with E-state index in [-0.39, 0.29) is 6.01 Å². The van der Waals surface area contributed by atoms with Crippen molar-refractivity contribution in [2.24, 2.45) is 5.10 Å². The summed E-state index contributed by atoms with van der Waals surface area (Å²) in [7, 11) is 0. The Balaban J connectivity index is 1.80. The summed E-state index contributed by atoms with van der Waals surface area (Å²) in [6.45, 7) is -0.461. The number of hydrazone groups is 1. The van der Waals surface area contributed by atoms with Crippen molar-refractivity contribution < 1.29 is 29.9 Å². The molecule has 2 aromatic rings. The average molecular weight is 367 g/mol. The smallest absolute Gasteiger partial charge is 0.336 e. The zero-order valence-corrected chi connectivity index (χ0v) is 13.7. The minimum Gasteiger partial charge on any atom is -0.405 e. The number of nitrogens with zero attached hydrogens (tertiary/aromatic N) is 3. The molecular formula is C15H21N5O6. The Morgan fingerprint density at radius 3 is 2.50 bits per heavy atom. The highest BCUT2D eigenvalue weighted by molar-refractivity contribution is 5.64. The Labute approximate surface area is 148 Å². The summed E-state index contributed by atoms with van der Waals surface area (Å²) in [5, 5.41) is 60.9. The van der Waals surface area contributed by atoms with Crippen LogP contribution in [-0.2, 0) is 6.54 Å². The largest absolute Gasteiger partial charge is 0.405 e. The molecule has 26 heavy (non-hydrogen) atoms. The molecule has 11 heteroatoms. The van der Waals surface area contributed by atoms with Crippen LogP contribution in [0, 0.1) is 0 Å². The Morgan fingerprint density at radius 1 is 1.08 bits per heavy atom. The summed E-state index contributed by atoms with van der Waals surface area (Å²) in [5.41, 5.74) is 3.26. The fourth-order valence-electron chi connectivity index (χ4n) is 1.90. The third-order valence-corrected chi connectivity index (χ3v) is 3.35. The van der Waals surface area contributed by atoms with Crippen molar-refractivity contribution in [3.8, 4) is 0 Å². The molecule has 0 saturated heterocycles. The molecule has 0 aliphatic rings. The topological polar surface area (TPSA) is 176 Å². The molecule has 7 N–H and O–H groups in total. The van der Waals surface area contributed by atoms with Crippen molar-refractivity contribution in [1.82, 2.24) is 10.2 Å². The first kappa shape index (κ1) is 19.8. The van der Waals surface area contributed by atoms with Gasteiger partial charge in [-0.25, -0.2) is 5.43 Å². The molecule has 0 fully saturated rings. The van der Waals surface area contributed by atoms with Gasteiger partial charge in [-0.05, 0) is 12.1 Å². The second kappa shape index (κ2) is 9.79. The van der Waals surface area contributed by atoms with Crippen LogP contribution in [0.5, 0.6) is 0 Å². The minimum absolute atomic E-state index is 0.0382. The highest BCUT2D eigenvalue weighted by Crippen LogP contribution is 2.10. The summed E-state index contributed by atoms with van der Waals surface area (Å²) in [6.07, 6.45) is -5.78. The predicted molar refractivity (Wildman–Crippen MR) is 91.3 cm³/mol. The molecular weight excluding hydrogens is 346 g/mol. The number of para-hydroxylation sites is 1. The maximum atomic E-state index is 9.66. The number of rotatable bonds is 10. The van der Waals surface area contributed by atoms with Crippen LogP contribution in [0.25, 0.3) is 0 Å². The van der Waals surface area contributed by atoms with Crippen LogP contribution >= 0.6 is 0 Å². The van der Waals surface area contributed by atoms with Gasteiger partial charge in [0.05, 0.1) is 19.4 Å². The quantitative estimate of drug-likeness (QED) is 0.193. The Morgan fingerprint density at radius 2 is 1.81 bits per heavy atom. The first-order valence-electron chi connectivity index (χ1n) is 7.75. The third kappa shape index (κ3) is 5.75. The standard InChI is InChI=1S/C15H21N5O6/c21-8-11(23)14(25)13(24)10(22)6-17-19-15-20-18-12(26-15)7-16-9-4-2-1-3-5-9/h1-6,10-11,13-14,16,21-25H,7-8H2,(H,19,20)/b17-6-/t10-,11-,13-,14-/m1/s1. The lowest BCUT2D eigenvalue weighted by atomic mass is 10.0. The van der Waals surface area contributed by atoms with Crippen LogP contribution in [0.4, 0.5) is 11.7 Å². The van der Waals surface area contributed by atoms with Crippen molar-refractivity contribution in [3.63, 3.8) is 0 Å². The monoisotopic (exact) mass is 367 g/mol. The van der Waals surface area contributed by atoms with Crippen molar-refractivity contribution in [2.45, 2.75) is 31.0 Å². The van der Waals surface area contributed by atoms with Gasteiger partial charge in [0.15, 0.2) is 0 Å². The summed E-state index contributed by atoms with van der Waals surface area (Å²) >= 11 is 0. The SMILES string of the molecule is OC[C@@H](O)[C@@H](O)[C@H](O)[C@H](O)/C=N\Nc1nnc(CNc2ccccc2)o1. The second-order valence-corrected chi connectivity index (χ2v) is 5.33. The summed E-state index contributed by atoms with van der Waals surface area (Å²) in [4.78, 5) is 0. The predicted octanol–water partition coefficient (Wildman–Crippen LogP) is -1.48. The molecule has 2 rings (SSSR count). The molecule has 0 bridgehead atoms. The Hall–Kier alpha value is -2.57. The first-order valence-corrected chi connectivity index (χ1v) is 7.75. The molecule has 1 heterocycles. The number of benzene rings is 1. The van der Waals surface area contributed by atoms with Crippen molar-refractivity contribution in [1.29, 1.82) is 0 Å². The lowest BCUT2D eigenvalue weighted by molar-refractivity contribution is -0.0999. The zero-order chi connectivity index (χ0) is 18.9. The molecule has 0 saturated carbocycles. The van der Waals surface area contributed by atoms with Gasteiger partial charge in [-0.2, -0.15) is 5.10 Å².